The Kier molecular flexibility index (Phi) is 12.7. The van der Waals surface area contributed by atoms with E-state index in [-0.39, 0.29) is 0 Å². The van der Waals surface area contributed by atoms with Crippen LogP contribution in [0.15, 0.2) is 0 Å². The molecule has 0 unspecified atom stereocenters. The molecule has 1 saturated heterocycles. The molecule has 15 heteroatoms. The fraction of sp³-hybridized carbons (Fsp3) is 0.706. The molecule has 0 bridgehead atoms. The number of hydrogen-bond acceptors (Lipinski definition) is 7. The van der Waals surface area contributed by atoms with Gasteiger partial charge in [0.05, 0.1) is 23.9 Å². The Labute approximate surface area is 184 Å². The van der Waals surface area contributed by atoms with Crippen LogP contribution in [0.3, 0.4) is 0 Å². The number of aryl methyl sites for hydroxylation is 2. The zero-order valence-electron chi connectivity index (χ0n) is 17.6. The molecular formula is C17H25F6N3O5S. The van der Waals surface area contributed by atoms with Gasteiger partial charge in [-0.25, -0.2) is 14.6 Å². The van der Waals surface area contributed by atoms with Crippen LogP contribution in [0.2, 0.25) is 0 Å². The number of likely N-dealkylation sites (N-methyl/N-ethyl adjacent to an activating group) is 1. The second kappa shape index (κ2) is 13.5. The molecule has 32 heavy (non-hydrogen) atoms. The lowest BCUT2D eigenvalue weighted by atomic mass is 10.3. The van der Waals surface area contributed by atoms with E-state index in [0.717, 1.165) is 45.9 Å². The first-order chi connectivity index (χ1) is 14.5. The maximum atomic E-state index is 10.6. The molecule has 1 aliphatic heterocycles. The summed E-state index contributed by atoms with van der Waals surface area (Å²) in [5.41, 5.74) is 1.19. The van der Waals surface area contributed by atoms with E-state index in [2.05, 4.69) is 35.7 Å². The highest BCUT2D eigenvalue weighted by atomic mass is 32.1. The number of rotatable bonds is 5. The van der Waals surface area contributed by atoms with Gasteiger partial charge in [-0.2, -0.15) is 26.3 Å². The van der Waals surface area contributed by atoms with Gasteiger partial charge in [0.25, 0.3) is 0 Å². The number of nitrogens with zero attached hydrogens (tertiary/aromatic N) is 3. The van der Waals surface area contributed by atoms with Crippen molar-refractivity contribution < 1.29 is 50.9 Å². The molecule has 2 heterocycles. The van der Waals surface area contributed by atoms with E-state index >= 15 is 0 Å². The smallest absolute Gasteiger partial charge is 0.475 e. The second-order valence-electron chi connectivity index (χ2n) is 6.54. The van der Waals surface area contributed by atoms with Crippen LogP contribution in [0.5, 0.6) is 0 Å². The zero-order valence-corrected chi connectivity index (χ0v) is 18.4. The van der Waals surface area contributed by atoms with Crippen LogP contribution < -0.4 is 0 Å². The van der Waals surface area contributed by atoms with Gasteiger partial charge in [-0.3, -0.25) is 9.80 Å². The number of carboxylic acid groups (broad SMARTS) is 2. The molecule has 1 fully saturated rings. The summed E-state index contributed by atoms with van der Waals surface area (Å²) >= 11 is 1.82. The molecule has 8 nitrogen and oxygen atoms in total. The van der Waals surface area contributed by atoms with Gasteiger partial charge in [-0.1, -0.05) is 0 Å². The number of thiazole rings is 1. The van der Waals surface area contributed by atoms with Crippen molar-refractivity contribution in [2.24, 2.45) is 0 Å². The van der Waals surface area contributed by atoms with Gasteiger partial charge < -0.3 is 14.9 Å². The van der Waals surface area contributed by atoms with Crippen molar-refractivity contribution in [2.75, 3.05) is 46.4 Å². The maximum Gasteiger partial charge on any atom is 0.490 e. The van der Waals surface area contributed by atoms with E-state index < -0.39 is 24.3 Å². The van der Waals surface area contributed by atoms with Crippen LogP contribution in [-0.4, -0.2) is 95.7 Å². The third kappa shape index (κ3) is 13.4. The summed E-state index contributed by atoms with van der Waals surface area (Å²) in [6, 6.07) is 0. The maximum absolute atomic E-state index is 10.6. The molecule has 2 rings (SSSR count). The Bertz CT molecular complexity index is 697. The van der Waals surface area contributed by atoms with Gasteiger partial charge in [0.1, 0.15) is 0 Å². The van der Waals surface area contributed by atoms with Crippen molar-refractivity contribution in [2.45, 2.75) is 32.7 Å². The summed E-state index contributed by atoms with van der Waals surface area (Å²) in [7, 11) is 2.19. The van der Waals surface area contributed by atoms with Crippen LogP contribution in [-0.2, 0) is 20.9 Å². The number of ether oxygens (including phenoxy) is 1. The van der Waals surface area contributed by atoms with E-state index in [1.165, 1.54) is 15.6 Å². The second-order valence-corrected chi connectivity index (χ2v) is 7.83. The van der Waals surface area contributed by atoms with E-state index in [4.69, 9.17) is 24.5 Å². The normalized spacial score (nSPS) is 14.8. The summed E-state index contributed by atoms with van der Waals surface area (Å²) < 4.78 is 68.8. The van der Waals surface area contributed by atoms with Crippen LogP contribution in [0.25, 0.3) is 0 Å². The monoisotopic (exact) mass is 497 g/mol. The highest BCUT2D eigenvalue weighted by molar-refractivity contribution is 7.11. The van der Waals surface area contributed by atoms with Crippen LogP contribution in [0.4, 0.5) is 26.3 Å². The highest BCUT2D eigenvalue weighted by Gasteiger charge is 2.38. The average Bonchev–Trinajstić information content (AvgIpc) is 2.97. The Morgan fingerprint density at radius 1 is 1.06 bits per heavy atom. The topological polar surface area (TPSA) is 103 Å². The molecule has 0 saturated carbocycles. The summed E-state index contributed by atoms with van der Waals surface area (Å²) in [4.78, 5) is 28.5. The number of aromatic nitrogens is 1. The van der Waals surface area contributed by atoms with Crippen molar-refractivity contribution in [1.29, 1.82) is 0 Å². The minimum Gasteiger partial charge on any atom is -0.475 e. The lowest BCUT2D eigenvalue weighted by Crippen LogP contribution is -2.40. The Balaban J connectivity index is 0.000000570. The van der Waals surface area contributed by atoms with Crippen LogP contribution in [0, 0.1) is 13.8 Å². The summed E-state index contributed by atoms with van der Waals surface area (Å²) in [6.07, 6.45) is -10.2. The third-order valence-electron chi connectivity index (χ3n) is 3.80. The first-order valence-electron chi connectivity index (χ1n) is 9.05. The zero-order chi connectivity index (χ0) is 25.1. The molecule has 1 aromatic heterocycles. The Hall–Kier alpha value is -1.97. The van der Waals surface area contributed by atoms with Gasteiger partial charge in [0.15, 0.2) is 0 Å². The molecule has 2 N–H and O–H groups in total. The number of hydrogen-bond donors (Lipinski definition) is 2. The number of aliphatic carboxylic acids is 2. The first kappa shape index (κ1) is 30.0. The van der Waals surface area contributed by atoms with Crippen molar-refractivity contribution in [3.63, 3.8) is 0 Å². The van der Waals surface area contributed by atoms with E-state index in [1.807, 2.05) is 11.3 Å². The van der Waals surface area contributed by atoms with Crippen molar-refractivity contribution in [3.8, 4) is 0 Å². The van der Waals surface area contributed by atoms with Gasteiger partial charge in [-0.15, -0.1) is 11.3 Å². The largest absolute Gasteiger partial charge is 0.490 e. The SMILES string of the molecule is Cc1nc(C)c(CN(C)CCN2CCOCC2)s1.O=C(O)C(F)(F)F.O=C(O)C(F)(F)F. The van der Waals surface area contributed by atoms with Crippen molar-refractivity contribution in [3.05, 3.63) is 15.6 Å². The Morgan fingerprint density at radius 2 is 1.50 bits per heavy atom. The standard InChI is InChI=1S/C13H23N3OS.2C2HF3O2/c1-11-13(18-12(2)14-11)10-15(3)4-5-16-6-8-17-9-7-16;2*3-2(4,5)1(6)7/h4-10H2,1-3H3;2*(H,6,7). The highest BCUT2D eigenvalue weighted by Crippen LogP contribution is 2.18. The number of alkyl halides is 6. The summed E-state index contributed by atoms with van der Waals surface area (Å²) in [5, 5.41) is 15.4. The molecule has 0 spiro atoms. The molecule has 186 valence electrons. The summed E-state index contributed by atoms with van der Waals surface area (Å²) in [6.45, 7) is 11.4. The molecule has 0 aliphatic carbocycles. The molecule has 1 aromatic rings. The quantitative estimate of drug-likeness (QED) is 0.599. The molecular weight excluding hydrogens is 472 g/mol. The molecule has 1 aliphatic rings. The predicted octanol–water partition coefficient (Wildman–Crippen LogP) is 2.79. The van der Waals surface area contributed by atoms with Gasteiger partial charge in [-0.05, 0) is 20.9 Å². The fourth-order valence-electron chi connectivity index (χ4n) is 2.18. The number of halogens is 6. The minimum atomic E-state index is -5.08. The lowest BCUT2D eigenvalue weighted by molar-refractivity contribution is -0.193. The van der Waals surface area contributed by atoms with E-state index in [0.29, 0.717) is 0 Å². The minimum absolute atomic E-state index is 0.886. The van der Waals surface area contributed by atoms with E-state index in [9.17, 15) is 26.3 Å². The van der Waals surface area contributed by atoms with Crippen molar-refractivity contribution in [1.82, 2.24) is 14.8 Å². The van der Waals surface area contributed by atoms with Crippen molar-refractivity contribution >= 4 is 23.3 Å². The molecule has 0 radical (unpaired) electrons. The van der Waals surface area contributed by atoms with Gasteiger partial charge in [0, 0.05) is 37.6 Å². The van der Waals surface area contributed by atoms with Crippen LogP contribution in [0.1, 0.15) is 15.6 Å². The average molecular weight is 497 g/mol. The predicted molar refractivity (Wildman–Crippen MR) is 103 cm³/mol. The van der Waals surface area contributed by atoms with E-state index in [1.54, 1.807) is 0 Å². The number of carboxylic acids is 2. The number of carbonyl (C=O) groups is 2. The Morgan fingerprint density at radius 3 is 1.84 bits per heavy atom. The third-order valence-corrected chi connectivity index (χ3v) is 4.86. The molecule has 0 atom stereocenters. The first-order valence-corrected chi connectivity index (χ1v) is 9.87. The fourth-order valence-corrected chi connectivity index (χ4v) is 3.20. The number of morpholine rings is 1. The lowest BCUT2D eigenvalue weighted by Gasteiger charge is -2.28. The molecule has 0 aromatic carbocycles. The summed E-state index contributed by atoms with van der Waals surface area (Å²) in [5.74, 6) is -5.51. The van der Waals surface area contributed by atoms with Gasteiger partial charge >= 0.3 is 24.3 Å². The molecule has 0 amide bonds. The van der Waals surface area contributed by atoms with Crippen LogP contribution >= 0.6 is 11.3 Å². The van der Waals surface area contributed by atoms with Gasteiger partial charge in [0.2, 0.25) is 0 Å².